The third-order valence-electron chi connectivity index (χ3n) is 5.10. The van der Waals surface area contributed by atoms with Crippen molar-refractivity contribution < 1.29 is 5.11 Å². The summed E-state index contributed by atoms with van der Waals surface area (Å²) in [6, 6.07) is 5.46. The molecule has 128 valence electrons. The molecule has 0 saturated carbocycles. The van der Waals surface area contributed by atoms with Crippen LogP contribution >= 0.6 is 0 Å². The fourth-order valence-electron chi connectivity index (χ4n) is 3.81. The Morgan fingerprint density at radius 2 is 2.04 bits per heavy atom. The molecule has 1 aromatic rings. The van der Waals surface area contributed by atoms with Gasteiger partial charge in [0.05, 0.1) is 0 Å². The van der Waals surface area contributed by atoms with Crippen LogP contribution in [0, 0.1) is 18.9 Å². The summed E-state index contributed by atoms with van der Waals surface area (Å²) in [5.74, 6) is 1.10. The Balaban J connectivity index is 0.00000288. The van der Waals surface area contributed by atoms with E-state index in [1.54, 1.807) is 0 Å². The number of benzene rings is 1. The third-order valence-corrected chi connectivity index (χ3v) is 5.10. The molecule has 1 N–H and O–H groups in total. The van der Waals surface area contributed by atoms with Crippen LogP contribution in [0.5, 0.6) is 5.75 Å². The average molecular weight is 578 g/mol. The van der Waals surface area contributed by atoms with Gasteiger partial charge in [-0.3, -0.25) is 0 Å². The van der Waals surface area contributed by atoms with E-state index >= 15 is 0 Å². The van der Waals surface area contributed by atoms with Crippen molar-refractivity contribution in [2.75, 3.05) is 0 Å². The fourth-order valence-corrected chi connectivity index (χ4v) is 3.81. The fraction of sp³-hybridized carbons (Fsp3) is 0.545. The van der Waals surface area contributed by atoms with Gasteiger partial charge in [-0.2, -0.15) is 17.2 Å². The van der Waals surface area contributed by atoms with Gasteiger partial charge in [-0.05, 0) is 38.5 Å². The number of unbranched alkanes of at least 4 members (excludes halogenated alkanes) is 2. The minimum Gasteiger partial charge on any atom is -0.533 e. The van der Waals surface area contributed by atoms with Crippen molar-refractivity contribution in [2.45, 2.75) is 72.1 Å². The Kier molecular flexibility index (Phi) is 6.82. The van der Waals surface area contributed by atoms with Gasteiger partial charge in [0.1, 0.15) is 0 Å². The molecule has 0 aliphatic heterocycles. The summed E-state index contributed by atoms with van der Waals surface area (Å²) in [6.45, 7) is 12.8. The van der Waals surface area contributed by atoms with Gasteiger partial charge < -0.3 is 5.11 Å². The first kappa shape index (κ1) is 19.5. The molecule has 0 radical (unpaired) electrons. The van der Waals surface area contributed by atoms with Crippen LogP contribution in [-0.2, 0) is 6.42 Å². The van der Waals surface area contributed by atoms with E-state index in [2.05, 4.69) is 46.4 Å². The molecule has 1 aliphatic rings. The normalized spacial score (nSPS) is 20.2. The number of hydrogen-bond acceptors (Lipinski definition) is 1. The number of phenols is 1. The van der Waals surface area contributed by atoms with Crippen molar-refractivity contribution in [1.82, 2.24) is 0 Å². The Labute approximate surface area is 142 Å². The molecular weight excluding hydrogens is 547 g/mol. The number of hydrogen-bond donors (Lipinski definition) is 1. The molecule has 24 heavy (non-hydrogen) atoms. The van der Waals surface area contributed by atoms with E-state index in [-0.39, 0.29) is 5.92 Å². The predicted molar refractivity (Wildman–Crippen MR) is 98.9 cm³/mol. The van der Waals surface area contributed by atoms with E-state index in [0.717, 1.165) is 36.0 Å². The number of allylic oxidation sites excluding steroid dienone is 3. The molecule has 1 nitrogen and oxygen atoms in total. The van der Waals surface area contributed by atoms with Crippen LogP contribution in [-0.4, -0.2) is 5.11 Å². The standard InChI is InChI=1S/C22H31O.Rf/c1-6-7-8-9-18-13-17(5)22(21(23)14-18)20-12-16(4)10-11-19(20)15(2)3;/h12,14,19-20,23H,2,6-11H2,1,3-5H3;/q-1;. The van der Waals surface area contributed by atoms with Crippen molar-refractivity contribution in [3.8, 4) is 5.75 Å². The van der Waals surface area contributed by atoms with E-state index in [1.165, 1.54) is 30.4 Å². The molecule has 0 amide bonds. The molecular formula is C22H31ORf-. The number of aromatic hydroxyl groups is 1. The van der Waals surface area contributed by atoms with Gasteiger partial charge in [0.2, 0.25) is 0 Å². The first-order valence-electron chi connectivity index (χ1n) is 9.01. The number of aryl methyl sites for hydroxylation is 2. The summed E-state index contributed by atoms with van der Waals surface area (Å²) in [5.41, 5.74) is 5.92. The van der Waals surface area contributed by atoms with Crippen molar-refractivity contribution in [2.24, 2.45) is 5.92 Å². The predicted octanol–water partition coefficient (Wildman–Crippen LogP) is 6.25. The van der Waals surface area contributed by atoms with Crippen LogP contribution in [0.2, 0.25) is 0 Å². The van der Waals surface area contributed by atoms with Gasteiger partial charge in [0.15, 0.2) is 0 Å². The summed E-state index contributed by atoms with van der Waals surface area (Å²) in [5, 5.41) is 10.7. The zero-order valence-corrected chi connectivity index (χ0v) is 22.3. The SMILES string of the molecule is C=C(C)C1CCC(C)=CC1c1c(C)[c-]c(CCCCC)cc1O.[Rf]. The summed E-state index contributed by atoms with van der Waals surface area (Å²) in [4.78, 5) is 0. The molecule has 0 saturated heterocycles. The van der Waals surface area contributed by atoms with Crippen molar-refractivity contribution in [3.05, 3.63) is 52.6 Å². The smallest absolute Gasteiger partial charge is 0.0124 e. The van der Waals surface area contributed by atoms with Crippen LogP contribution in [0.1, 0.15) is 75.5 Å². The largest absolute Gasteiger partial charge is 0.533 e. The zero-order valence-electron chi connectivity index (χ0n) is 15.9. The average Bonchev–Trinajstić information content (AvgIpc) is 2.46. The summed E-state index contributed by atoms with van der Waals surface area (Å²) in [6.07, 6.45) is 9.21. The number of phenolic OH excluding ortho intramolecular Hbond substituents is 1. The summed E-state index contributed by atoms with van der Waals surface area (Å²) < 4.78 is 0. The second-order valence-corrected chi connectivity index (χ2v) is 7.21. The Bertz CT molecular complexity index is 577. The molecule has 0 fully saturated rings. The maximum atomic E-state index is 10.7. The van der Waals surface area contributed by atoms with E-state index in [1.807, 2.05) is 6.07 Å². The van der Waals surface area contributed by atoms with Gasteiger partial charge in [-0.15, -0.1) is 11.6 Å². The minimum atomic E-state index is 0. The topological polar surface area (TPSA) is 20.2 Å². The zero-order chi connectivity index (χ0) is 17.0. The Hall–Kier alpha value is -2.50. The van der Waals surface area contributed by atoms with Crippen LogP contribution in [0.15, 0.2) is 29.9 Å². The van der Waals surface area contributed by atoms with Crippen LogP contribution in [0.25, 0.3) is 0 Å². The van der Waals surface area contributed by atoms with Gasteiger partial charge in [0.25, 0.3) is 0 Å². The van der Waals surface area contributed by atoms with Crippen LogP contribution in [0.4, 0.5) is 0 Å². The first-order valence-corrected chi connectivity index (χ1v) is 9.01. The molecule has 2 heteroatoms. The van der Waals surface area contributed by atoms with Crippen molar-refractivity contribution >= 4 is 0 Å². The van der Waals surface area contributed by atoms with E-state index in [4.69, 9.17) is 0 Å². The number of rotatable bonds is 6. The second-order valence-electron chi connectivity index (χ2n) is 7.21. The maximum absolute atomic E-state index is 10.7. The van der Waals surface area contributed by atoms with Crippen molar-refractivity contribution in [3.63, 3.8) is 0 Å². The van der Waals surface area contributed by atoms with Gasteiger partial charge in [0, 0.05) is 5.75 Å². The molecule has 0 heterocycles. The summed E-state index contributed by atoms with van der Waals surface area (Å²) in [7, 11) is 0. The summed E-state index contributed by atoms with van der Waals surface area (Å²) >= 11 is 0. The molecule has 2 unspecified atom stereocenters. The van der Waals surface area contributed by atoms with E-state index in [0.29, 0.717) is 11.7 Å². The molecule has 1 aliphatic carbocycles. The molecule has 0 bridgehead atoms. The Morgan fingerprint density at radius 1 is 1.33 bits per heavy atom. The third kappa shape index (κ3) is 4.28. The molecule has 2 rings (SSSR count). The maximum Gasteiger partial charge on any atom is 0.0124 e. The van der Waals surface area contributed by atoms with Gasteiger partial charge in [-0.25, -0.2) is 0 Å². The van der Waals surface area contributed by atoms with Gasteiger partial charge in [-0.1, -0.05) is 63.3 Å². The monoisotopic (exact) mass is 578 g/mol. The molecule has 1 aromatic carbocycles. The van der Waals surface area contributed by atoms with E-state index in [9.17, 15) is 5.11 Å². The minimum absolute atomic E-state index is 0. The van der Waals surface area contributed by atoms with Crippen LogP contribution < -0.4 is 0 Å². The van der Waals surface area contributed by atoms with Crippen LogP contribution in [0.3, 0.4) is 0 Å². The molecule has 0 spiro atoms. The van der Waals surface area contributed by atoms with Crippen molar-refractivity contribution in [1.29, 1.82) is 0 Å². The first-order chi connectivity index (χ1) is 10.9. The van der Waals surface area contributed by atoms with Gasteiger partial charge >= 0.3 is 0 Å². The quantitative estimate of drug-likeness (QED) is 0.241. The molecule has 0 aromatic heterocycles. The Morgan fingerprint density at radius 3 is 2.62 bits per heavy atom. The van der Waals surface area contributed by atoms with E-state index < -0.39 is 0 Å². The second kappa shape index (κ2) is 8.38. The molecule has 2 atom stereocenters.